The lowest BCUT2D eigenvalue weighted by molar-refractivity contribution is -0.125. The number of likely N-dealkylation sites (N-methyl/N-ethyl adjacent to an activating group) is 1. The lowest BCUT2D eigenvalue weighted by atomic mass is 10.6. The smallest absolute Gasteiger partial charge is 0.416 e. The Morgan fingerprint density at radius 3 is 2.38 bits per heavy atom. The fraction of sp³-hybridized carbons (Fsp3) is 0.500. The van der Waals surface area contributed by atoms with Crippen LogP contribution in [-0.4, -0.2) is 30.6 Å². The van der Waals surface area contributed by atoms with Crippen LogP contribution >= 0.6 is 0 Å². The van der Waals surface area contributed by atoms with E-state index in [-0.39, 0.29) is 12.5 Å². The Labute approximate surface area is 46.0 Å². The van der Waals surface area contributed by atoms with Crippen molar-refractivity contribution in [3.63, 3.8) is 0 Å². The third kappa shape index (κ3) is 0.538. The van der Waals surface area contributed by atoms with Gasteiger partial charge in [0.2, 0.25) is 0 Å². The minimum absolute atomic E-state index is 0.102. The summed E-state index contributed by atoms with van der Waals surface area (Å²) in [5, 5.41) is 0. The van der Waals surface area contributed by atoms with Gasteiger partial charge >= 0.3 is 6.09 Å². The molecular formula is C4H5NO3. The van der Waals surface area contributed by atoms with Gasteiger partial charge in [0.1, 0.15) is 0 Å². The van der Waals surface area contributed by atoms with Crippen LogP contribution in [0.4, 0.5) is 4.79 Å². The van der Waals surface area contributed by atoms with Crippen LogP contribution in [-0.2, 0) is 9.53 Å². The number of cyclic esters (lactones) is 1. The second kappa shape index (κ2) is 1.47. The van der Waals surface area contributed by atoms with Gasteiger partial charge in [0.25, 0.3) is 5.91 Å². The number of rotatable bonds is 0. The molecule has 0 atom stereocenters. The maximum atomic E-state index is 10.4. The number of amides is 2. The van der Waals surface area contributed by atoms with E-state index in [1.54, 1.807) is 0 Å². The molecule has 4 nitrogen and oxygen atoms in total. The summed E-state index contributed by atoms with van der Waals surface area (Å²) in [4.78, 5) is 21.6. The standard InChI is InChI=1S/C4H5NO3/c1-5-3(6)2-8-4(5)7/h2H2,1H3. The van der Waals surface area contributed by atoms with Crippen molar-refractivity contribution in [2.45, 2.75) is 0 Å². The summed E-state index contributed by atoms with van der Waals surface area (Å²) in [5.74, 6) is -0.282. The maximum absolute atomic E-state index is 10.4. The second-order valence-electron chi connectivity index (χ2n) is 1.51. The van der Waals surface area contributed by atoms with Crippen LogP contribution in [0.1, 0.15) is 0 Å². The molecule has 0 N–H and O–H groups in total. The molecule has 1 aliphatic rings. The molecule has 0 aromatic heterocycles. The predicted molar refractivity (Wildman–Crippen MR) is 24.1 cm³/mol. The van der Waals surface area contributed by atoms with Crippen LogP contribution in [0.2, 0.25) is 0 Å². The lowest BCUT2D eigenvalue weighted by Crippen LogP contribution is -2.23. The molecule has 2 amide bonds. The summed E-state index contributed by atoms with van der Waals surface area (Å²) < 4.78 is 4.31. The van der Waals surface area contributed by atoms with E-state index in [0.29, 0.717) is 0 Å². The Morgan fingerprint density at radius 1 is 1.62 bits per heavy atom. The first kappa shape index (κ1) is 5.08. The normalized spacial score (nSPS) is 19.4. The van der Waals surface area contributed by atoms with E-state index in [4.69, 9.17) is 0 Å². The zero-order chi connectivity index (χ0) is 6.15. The molecule has 0 spiro atoms. The molecule has 0 unspecified atom stereocenters. The number of nitrogens with zero attached hydrogens (tertiary/aromatic N) is 1. The molecule has 0 aromatic carbocycles. The Morgan fingerprint density at radius 2 is 2.25 bits per heavy atom. The SMILES string of the molecule is CN1C(=O)COC1=O. The summed E-state index contributed by atoms with van der Waals surface area (Å²) in [6.07, 6.45) is -0.560. The van der Waals surface area contributed by atoms with Gasteiger partial charge in [-0.05, 0) is 0 Å². The number of ether oxygens (including phenoxy) is 1. The minimum Gasteiger partial charge on any atom is -0.439 e. The fourth-order valence-corrected chi connectivity index (χ4v) is 0.419. The third-order valence-corrected chi connectivity index (χ3v) is 0.967. The van der Waals surface area contributed by atoms with E-state index in [9.17, 15) is 9.59 Å². The third-order valence-electron chi connectivity index (χ3n) is 0.967. The minimum atomic E-state index is -0.560. The number of carbonyl (C=O) groups is 2. The number of carbonyl (C=O) groups excluding carboxylic acids is 2. The van der Waals surface area contributed by atoms with E-state index >= 15 is 0 Å². The topological polar surface area (TPSA) is 46.6 Å². The molecule has 0 aliphatic carbocycles. The summed E-state index contributed by atoms with van der Waals surface area (Å²) in [6.45, 7) is -0.102. The van der Waals surface area contributed by atoms with Gasteiger partial charge in [0.15, 0.2) is 6.61 Å². The van der Waals surface area contributed by atoms with Crippen LogP contribution in [0.5, 0.6) is 0 Å². The molecule has 4 heteroatoms. The van der Waals surface area contributed by atoms with Crippen molar-refractivity contribution in [2.24, 2.45) is 0 Å². The lowest BCUT2D eigenvalue weighted by Gasteiger charge is -1.96. The summed E-state index contributed by atoms with van der Waals surface area (Å²) in [7, 11) is 1.39. The van der Waals surface area contributed by atoms with Gasteiger partial charge in [-0.15, -0.1) is 0 Å². The van der Waals surface area contributed by atoms with Crippen molar-refractivity contribution in [1.29, 1.82) is 0 Å². The molecular weight excluding hydrogens is 110 g/mol. The summed E-state index contributed by atoms with van der Waals surface area (Å²) in [6, 6.07) is 0. The van der Waals surface area contributed by atoms with Crippen molar-refractivity contribution in [2.75, 3.05) is 13.7 Å². The van der Waals surface area contributed by atoms with Gasteiger partial charge in [-0.25, -0.2) is 9.69 Å². The highest BCUT2D eigenvalue weighted by Gasteiger charge is 2.26. The van der Waals surface area contributed by atoms with Crippen molar-refractivity contribution in [3.8, 4) is 0 Å². The highest BCUT2D eigenvalue weighted by atomic mass is 16.6. The van der Waals surface area contributed by atoms with Crippen LogP contribution in [0, 0.1) is 0 Å². The molecule has 1 aliphatic heterocycles. The van der Waals surface area contributed by atoms with Gasteiger partial charge in [-0.1, -0.05) is 0 Å². The van der Waals surface area contributed by atoms with Gasteiger partial charge in [-0.3, -0.25) is 4.79 Å². The van der Waals surface area contributed by atoms with Crippen molar-refractivity contribution in [3.05, 3.63) is 0 Å². The van der Waals surface area contributed by atoms with Crippen molar-refractivity contribution < 1.29 is 14.3 Å². The van der Waals surface area contributed by atoms with Gasteiger partial charge in [0.05, 0.1) is 0 Å². The van der Waals surface area contributed by atoms with E-state index in [0.717, 1.165) is 4.90 Å². The molecule has 1 fully saturated rings. The largest absolute Gasteiger partial charge is 0.439 e. The molecule has 1 heterocycles. The molecule has 0 saturated carbocycles. The van der Waals surface area contributed by atoms with Crippen molar-refractivity contribution >= 4 is 12.0 Å². The number of imide groups is 1. The van der Waals surface area contributed by atoms with E-state index in [1.165, 1.54) is 7.05 Å². The molecule has 8 heavy (non-hydrogen) atoms. The number of hydrogen-bond donors (Lipinski definition) is 0. The molecule has 0 bridgehead atoms. The van der Waals surface area contributed by atoms with Gasteiger partial charge in [0, 0.05) is 7.05 Å². The van der Waals surface area contributed by atoms with Crippen molar-refractivity contribution in [1.82, 2.24) is 4.90 Å². The summed E-state index contributed by atoms with van der Waals surface area (Å²) >= 11 is 0. The van der Waals surface area contributed by atoms with Gasteiger partial charge in [-0.2, -0.15) is 0 Å². The first-order valence-electron chi connectivity index (χ1n) is 2.15. The highest BCUT2D eigenvalue weighted by molar-refractivity contribution is 5.97. The molecule has 44 valence electrons. The molecule has 0 aromatic rings. The quantitative estimate of drug-likeness (QED) is 0.431. The average molecular weight is 115 g/mol. The van der Waals surface area contributed by atoms with Gasteiger partial charge < -0.3 is 4.74 Å². The Kier molecular flexibility index (Phi) is 0.932. The Balaban J connectivity index is 2.70. The van der Waals surface area contributed by atoms with Crippen LogP contribution < -0.4 is 0 Å². The number of hydrogen-bond acceptors (Lipinski definition) is 3. The molecule has 1 saturated heterocycles. The predicted octanol–water partition coefficient (Wildman–Crippen LogP) is -0.405. The first-order chi connectivity index (χ1) is 3.72. The fourth-order valence-electron chi connectivity index (χ4n) is 0.419. The average Bonchev–Trinajstić information content (AvgIpc) is 1.98. The van der Waals surface area contributed by atoms with Crippen LogP contribution in [0.3, 0.4) is 0 Å². The van der Waals surface area contributed by atoms with E-state index in [1.807, 2.05) is 0 Å². The highest BCUT2D eigenvalue weighted by Crippen LogP contribution is 1.99. The monoisotopic (exact) mass is 115 g/mol. The van der Waals surface area contributed by atoms with Crippen LogP contribution in [0.25, 0.3) is 0 Å². The zero-order valence-electron chi connectivity index (χ0n) is 4.38. The maximum Gasteiger partial charge on any atom is 0.416 e. The van der Waals surface area contributed by atoms with E-state index < -0.39 is 6.09 Å². The second-order valence-corrected chi connectivity index (χ2v) is 1.51. The van der Waals surface area contributed by atoms with Crippen LogP contribution in [0.15, 0.2) is 0 Å². The first-order valence-corrected chi connectivity index (χ1v) is 2.15. The Hall–Kier alpha value is -1.06. The molecule has 1 rings (SSSR count). The Bertz CT molecular complexity index is 126. The molecule has 0 radical (unpaired) electrons. The summed E-state index contributed by atoms with van der Waals surface area (Å²) in [5.41, 5.74) is 0. The zero-order valence-corrected chi connectivity index (χ0v) is 4.38. The van der Waals surface area contributed by atoms with E-state index in [2.05, 4.69) is 4.74 Å².